The van der Waals surface area contributed by atoms with Crippen molar-refractivity contribution >= 4 is 22.8 Å². The number of amides is 1. The zero-order chi connectivity index (χ0) is 15.6. The van der Waals surface area contributed by atoms with Crippen molar-refractivity contribution < 1.29 is 19.4 Å². The highest BCUT2D eigenvalue weighted by Crippen LogP contribution is 2.24. The second kappa shape index (κ2) is 10.2. The summed E-state index contributed by atoms with van der Waals surface area (Å²) >= 11 is 1.01. The largest absolute Gasteiger partial charge is 0.395 e. The normalized spacial score (nSPS) is 12.2. The summed E-state index contributed by atoms with van der Waals surface area (Å²) in [6.45, 7) is 7.12. The average Bonchev–Trinajstić information content (AvgIpc) is 2.40. The van der Waals surface area contributed by atoms with Crippen LogP contribution in [0.1, 0.15) is 27.7 Å². The van der Waals surface area contributed by atoms with Crippen molar-refractivity contribution in [1.29, 1.82) is 0 Å². The quantitative estimate of drug-likeness (QED) is 0.801. The van der Waals surface area contributed by atoms with E-state index in [0.29, 0.717) is 0 Å². The maximum Gasteiger partial charge on any atom is 0.252 e. The van der Waals surface area contributed by atoms with E-state index in [9.17, 15) is 9.59 Å². The van der Waals surface area contributed by atoms with Crippen LogP contribution in [0.15, 0.2) is 0 Å². The predicted octanol–water partition coefficient (Wildman–Crippen LogP) is 1.39. The van der Waals surface area contributed by atoms with Crippen LogP contribution in [0.25, 0.3) is 0 Å². The highest BCUT2D eigenvalue weighted by atomic mass is 32.2. The summed E-state index contributed by atoms with van der Waals surface area (Å²) < 4.78 is 5.04. The monoisotopic (exact) mass is 293 g/mol. The first kappa shape index (κ1) is 20.7. The number of thioether (sulfide) groups is 1. The third-order valence-corrected chi connectivity index (χ3v) is 3.60. The molecule has 0 saturated carbocycles. The van der Waals surface area contributed by atoms with Crippen LogP contribution in [-0.4, -0.2) is 60.7 Å². The third-order valence-electron chi connectivity index (χ3n) is 2.31. The molecular formula is C13H27NO4S. The molecule has 0 bridgehead atoms. The molecule has 0 aromatic heterocycles. The smallest absolute Gasteiger partial charge is 0.252 e. The molecular weight excluding hydrogens is 266 g/mol. The topological polar surface area (TPSA) is 66.8 Å². The summed E-state index contributed by atoms with van der Waals surface area (Å²) in [6.07, 6.45) is -0.631. The van der Waals surface area contributed by atoms with Gasteiger partial charge in [-0.05, 0) is 13.8 Å². The Balaban J connectivity index is 0. The molecule has 0 aromatic carbocycles. The average molecular weight is 293 g/mol. The Hall–Kier alpha value is -0.590. The first-order valence-corrected chi connectivity index (χ1v) is 7.27. The minimum Gasteiger partial charge on any atom is -0.395 e. The first-order chi connectivity index (χ1) is 8.76. The van der Waals surface area contributed by atoms with E-state index < -0.39 is 11.5 Å². The van der Waals surface area contributed by atoms with Gasteiger partial charge < -0.3 is 14.7 Å². The minimum absolute atomic E-state index is 0.145. The Morgan fingerprint density at radius 3 is 2.11 bits per heavy atom. The van der Waals surface area contributed by atoms with Gasteiger partial charge in [-0.1, -0.05) is 25.6 Å². The lowest BCUT2D eigenvalue weighted by atomic mass is 9.97. The van der Waals surface area contributed by atoms with Crippen molar-refractivity contribution in [3.63, 3.8) is 0 Å². The predicted molar refractivity (Wildman–Crippen MR) is 79.2 cm³/mol. The van der Waals surface area contributed by atoms with Crippen LogP contribution >= 0.6 is 11.8 Å². The maximum absolute atomic E-state index is 11.7. The standard InChI is InChI=1S/C11H21NO4S.C2H6/c1-11(2,7-13)10(15)17-6-8(16-5)9(14)12(3)4;1-2/h8,13H,6-7H2,1-5H3;1-2H3. The lowest BCUT2D eigenvalue weighted by Crippen LogP contribution is -2.37. The zero-order valence-corrected chi connectivity index (χ0v) is 13.8. The third kappa shape index (κ3) is 7.54. The summed E-state index contributed by atoms with van der Waals surface area (Å²) in [7, 11) is 4.71. The molecule has 19 heavy (non-hydrogen) atoms. The number of aliphatic hydroxyl groups is 1. The van der Waals surface area contributed by atoms with Crippen LogP contribution in [0.2, 0.25) is 0 Å². The van der Waals surface area contributed by atoms with Crippen molar-refractivity contribution in [3.8, 4) is 0 Å². The molecule has 0 aliphatic carbocycles. The van der Waals surface area contributed by atoms with Crippen LogP contribution in [0, 0.1) is 5.41 Å². The zero-order valence-electron chi connectivity index (χ0n) is 13.0. The second-order valence-corrected chi connectivity index (χ2v) is 5.59. The second-order valence-electron chi connectivity index (χ2n) is 4.60. The van der Waals surface area contributed by atoms with E-state index in [0.717, 1.165) is 11.8 Å². The van der Waals surface area contributed by atoms with E-state index in [2.05, 4.69) is 0 Å². The Morgan fingerprint density at radius 2 is 1.79 bits per heavy atom. The van der Waals surface area contributed by atoms with Crippen LogP contribution in [0.4, 0.5) is 0 Å². The highest BCUT2D eigenvalue weighted by Gasteiger charge is 2.29. The van der Waals surface area contributed by atoms with Gasteiger partial charge in [-0.3, -0.25) is 9.59 Å². The Labute approximate surface area is 120 Å². The molecule has 0 rings (SSSR count). The van der Waals surface area contributed by atoms with Crippen LogP contribution in [0.5, 0.6) is 0 Å². The number of methoxy groups -OCH3 is 1. The number of ether oxygens (including phenoxy) is 1. The van der Waals surface area contributed by atoms with Crippen molar-refractivity contribution in [3.05, 3.63) is 0 Å². The first-order valence-electron chi connectivity index (χ1n) is 6.28. The number of hydrogen-bond donors (Lipinski definition) is 1. The fourth-order valence-electron chi connectivity index (χ4n) is 0.939. The fourth-order valence-corrected chi connectivity index (χ4v) is 1.98. The summed E-state index contributed by atoms with van der Waals surface area (Å²) in [5.74, 6) is 0.0880. The number of aliphatic hydroxyl groups excluding tert-OH is 1. The Morgan fingerprint density at radius 1 is 1.32 bits per heavy atom. The minimum atomic E-state index is -0.788. The van der Waals surface area contributed by atoms with Crippen molar-refractivity contribution in [2.24, 2.45) is 5.41 Å². The van der Waals surface area contributed by atoms with Gasteiger partial charge in [0.1, 0.15) is 6.10 Å². The van der Waals surface area contributed by atoms with E-state index in [1.165, 1.54) is 12.0 Å². The van der Waals surface area contributed by atoms with Crippen LogP contribution < -0.4 is 0 Å². The molecule has 0 radical (unpaired) electrons. The summed E-state index contributed by atoms with van der Waals surface area (Å²) in [4.78, 5) is 24.8. The number of likely N-dealkylation sites (N-methyl/N-ethyl adjacent to an activating group) is 1. The fraction of sp³-hybridized carbons (Fsp3) is 0.846. The van der Waals surface area contributed by atoms with Crippen molar-refractivity contribution in [2.45, 2.75) is 33.8 Å². The maximum atomic E-state index is 11.7. The Kier molecular flexibility index (Phi) is 11.2. The molecule has 6 heteroatoms. The molecule has 0 heterocycles. The molecule has 5 nitrogen and oxygen atoms in total. The molecule has 1 amide bonds. The van der Waals surface area contributed by atoms with Crippen molar-refractivity contribution in [2.75, 3.05) is 33.6 Å². The summed E-state index contributed by atoms with van der Waals surface area (Å²) in [6, 6.07) is 0. The number of carbonyl (C=O) groups is 2. The molecule has 0 spiro atoms. The van der Waals surface area contributed by atoms with Gasteiger partial charge in [0.05, 0.1) is 12.0 Å². The number of carbonyl (C=O) groups excluding carboxylic acids is 2. The molecule has 1 unspecified atom stereocenters. The SMILES string of the molecule is CC.COC(CSC(=O)C(C)(C)CO)C(=O)N(C)C. The van der Waals surface area contributed by atoms with Crippen LogP contribution in [-0.2, 0) is 14.3 Å². The van der Waals surface area contributed by atoms with Crippen molar-refractivity contribution in [1.82, 2.24) is 4.90 Å². The molecule has 0 saturated heterocycles. The van der Waals surface area contributed by atoms with Crippen LogP contribution in [0.3, 0.4) is 0 Å². The molecule has 0 aromatic rings. The van der Waals surface area contributed by atoms with Gasteiger partial charge in [0.15, 0.2) is 5.12 Å². The van der Waals surface area contributed by atoms with Gasteiger partial charge in [0.2, 0.25) is 0 Å². The van der Waals surface area contributed by atoms with E-state index in [-0.39, 0.29) is 23.4 Å². The summed E-state index contributed by atoms with van der Waals surface area (Å²) in [5, 5.41) is 8.90. The molecule has 0 fully saturated rings. The lowest BCUT2D eigenvalue weighted by Gasteiger charge is -2.22. The lowest BCUT2D eigenvalue weighted by molar-refractivity contribution is -0.137. The van der Waals surface area contributed by atoms with Gasteiger partial charge >= 0.3 is 0 Å². The molecule has 1 N–H and O–H groups in total. The number of hydrogen-bond acceptors (Lipinski definition) is 5. The van der Waals surface area contributed by atoms with E-state index in [4.69, 9.17) is 9.84 Å². The molecule has 114 valence electrons. The Bertz CT molecular complexity index is 280. The summed E-state index contributed by atoms with van der Waals surface area (Å²) in [5.41, 5.74) is -0.788. The highest BCUT2D eigenvalue weighted by molar-refractivity contribution is 8.13. The number of nitrogens with zero attached hydrogens (tertiary/aromatic N) is 1. The number of rotatable bonds is 6. The van der Waals surface area contributed by atoms with Gasteiger partial charge in [-0.15, -0.1) is 0 Å². The van der Waals surface area contributed by atoms with E-state index in [1.807, 2.05) is 13.8 Å². The van der Waals surface area contributed by atoms with E-state index >= 15 is 0 Å². The molecule has 0 aliphatic heterocycles. The van der Waals surface area contributed by atoms with E-state index in [1.54, 1.807) is 27.9 Å². The van der Waals surface area contributed by atoms with Gasteiger partial charge in [0, 0.05) is 27.0 Å². The van der Waals surface area contributed by atoms with Gasteiger partial charge in [-0.2, -0.15) is 0 Å². The molecule has 1 atom stereocenters. The molecule has 0 aliphatic rings. The van der Waals surface area contributed by atoms with Gasteiger partial charge in [0.25, 0.3) is 5.91 Å². The van der Waals surface area contributed by atoms with Gasteiger partial charge in [-0.25, -0.2) is 0 Å².